The molecule has 0 saturated heterocycles. The molecule has 0 saturated carbocycles. The van der Waals surface area contributed by atoms with Gasteiger partial charge in [0.2, 0.25) is 0 Å². The van der Waals surface area contributed by atoms with Crippen molar-refractivity contribution in [3.8, 4) is 18.1 Å². The number of nitrogens with zero attached hydrogens (tertiary/aromatic N) is 3. The third kappa shape index (κ3) is 4.72. The van der Waals surface area contributed by atoms with Crippen molar-refractivity contribution in [1.29, 1.82) is 0 Å². The number of aryl methyl sites for hydroxylation is 1. The van der Waals surface area contributed by atoms with Crippen LogP contribution in [0.1, 0.15) is 16.7 Å². The maximum atomic E-state index is 12.9. The SMILES string of the molecule is C#CC(=O)NCc1cnn(Cc2cc(C)c3c(NS(=O)(=O)c4ccccc4OC)noc3c2)c1. The highest BCUT2D eigenvalue weighted by Crippen LogP contribution is 2.31. The van der Waals surface area contributed by atoms with Gasteiger partial charge in [-0.1, -0.05) is 23.4 Å². The smallest absolute Gasteiger partial charge is 0.295 e. The van der Waals surface area contributed by atoms with E-state index in [2.05, 4.69) is 20.3 Å². The number of carbonyl (C=O) groups excluding carboxylic acids is 1. The quantitative estimate of drug-likeness (QED) is 0.372. The largest absolute Gasteiger partial charge is 0.495 e. The fourth-order valence-corrected chi connectivity index (χ4v) is 4.71. The second-order valence-corrected chi connectivity index (χ2v) is 9.10. The van der Waals surface area contributed by atoms with E-state index in [0.717, 1.165) is 16.7 Å². The number of nitrogens with one attached hydrogen (secondary N) is 2. The van der Waals surface area contributed by atoms with Crippen LogP contribution in [0.25, 0.3) is 11.0 Å². The van der Waals surface area contributed by atoms with E-state index < -0.39 is 15.9 Å². The number of fused-ring (bicyclic) bond motifs is 1. The zero-order valence-corrected chi connectivity index (χ0v) is 19.2. The third-order valence-electron chi connectivity index (χ3n) is 5.04. The average Bonchev–Trinajstić information content (AvgIpc) is 3.44. The van der Waals surface area contributed by atoms with Gasteiger partial charge in [0.25, 0.3) is 15.9 Å². The number of aromatic nitrogens is 3. The summed E-state index contributed by atoms with van der Waals surface area (Å²) in [6, 6.07) is 9.99. The maximum Gasteiger partial charge on any atom is 0.295 e. The molecule has 34 heavy (non-hydrogen) atoms. The van der Waals surface area contributed by atoms with Crippen LogP contribution in [0.4, 0.5) is 5.82 Å². The average molecular weight is 480 g/mol. The molecule has 2 aromatic heterocycles. The van der Waals surface area contributed by atoms with E-state index in [-0.39, 0.29) is 23.0 Å². The van der Waals surface area contributed by atoms with Gasteiger partial charge in [-0.15, -0.1) is 6.42 Å². The second kappa shape index (κ2) is 9.29. The lowest BCUT2D eigenvalue weighted by Crippen LogP contribution is -2.20. The summed E-state index contributed by atoms with van der Waals surface area (Å²) >= 11 is 0. The molecule has 0 unspecified atom stereocenters. The molecule has 174 valence electrons. The first-order valence-electron chi connectivity index (χ1n) is 10.1. The molecule has 0 bridgehead atoms. The number of methoxy groups -OCH3 is 1. The van der Waals surface area contributed by atoms with E-state index in [1.807, 2.05) is 18.9 Å². The molecule has 0 spiro atoms. The number of sulfonamides is 1. The monoisotopic (exact) mass is 479 g/mol. The van der Waals surface area contributed by atoms with Crippen LogP contribution in [-0.4, -0.2) is 36.4 Å². The number of hydrogen-bond donors (Lipinski definition) is 2. The Bertz CT molecular complexity index is 1510. The molecule has 2 heterocycles. The van der Waals surface area contributed by atoms with Gasteiger partial charge in [-0.2, -0.15) is 5.10 Å². The number of ether oxygens (including phenoxy) is 1. The highest BCUT2D eigenvalue weighted by molar-refractivity contribution is 7.92. The Balaban J connectivity index is 1.56. The van der Waals surface area contributed by atoms with Gasteiger partial charge in [0.15, 0.2) is 11.4 Å². The number of terminal acetylenes is 1. The van der Waals surface area contributed by atoms with E-state index in [1.54, 1.807) is 41.3 Å². The van der Waals surface area contributed by atoms with Crippen LogP contribution >= 0.6 is 0 Å². The van der Waals surface area contributed by atoms with Crippen molar-refractivity contribution in [3.05, 3.63) is 65.5 Å². The third-order valence-corrected chi connectivity index (χ3v) is 6.41. The molecular formula is C23H21N5O5S. The number of rotatable bonds is 8. The Morgan fingerprint density at radius 2 is 2.06 bits per heavy atom. The van der Waals surface area contributed by atoms with Crippen LogP contribution < -0.4 is 14.8 Å². The molecular weight excluding hydrogens is 458 g/mol. The fourth-order valence-electron chi connectivity index (χ4n) is 3.53. The molecule has 0 atom stereocenters. The molecule has 1 amide bonds. The van der Waals surface area contributed by atoms with E-state index in [4.69, 9.17) is 15.7 Å². The van der Waals surface area contributed by atoms with Crippen LogP contribution in [0.2, 0.25) is 0 Å². The lowest BCUT2D eigenvalue weighted by Gasteiger charge is -2.10. The summed E-state index contributed by atoms with van der Waals surface area (Å²) in [7, 11) is -2.55. The van der Waals surface area contributed by atoms with Crippen molar-refractivity contribution in [1.82, 2.24) is 20.3 Å². The zero-order valence-electron chi connectivity index (χ0n) is 18.4. The van der Waals surface area contributed by atoms with Crippen molar-refractivity contribution in [3.63, 3.8) is 0 Å². The van der Waals surface area contributed by atoms with E-state index >= 15 is 0 Å². The van der Waals surface area contributed by atoms with Gasteiger partial charge in [0, 0.05) is 18.3 Å². The summed E-state index contributed by atoms with van der Waals surface area (Å²) < 4.78 is 40.7. The van der Waals surface area contributed by atoms with E-state index in [0.29, 0.717) is 17.5 Å². The van der Waals surface area contributed by atoms with E-state index in [1.165, 1.54) is 13.2 Å². The maximum absolute atomic E-state index is 12.9. The Labute approximate surface area is 195 Å². The molecule has 0 aliphatic carbocycles. The molecule has 4 rings (SSSR count). The number of hydrogen-bond acceptors (Lipinski definition) is 7. The highest BCUT2D eigenvalue weighted by Gasteiger charge is 2.23. The minimum atomic E-state index is -3.96. The predicted molar refractivity (Wildman–Crippen MR) is 125 cm³/mol. The van der Waals surface area contributed by atoms with Gasteiger partial charge >= 0.3 is 0 Å². The van der Waals surface area contributed by atoms with Crippen LogP contribution in [0.15, 0.2) is 58.2 Å². The van der Waals surface area contributed by atoms with Gasteiger partial charge < -0.3 is 14.6 Å². The molecule has 0 radical (unpaired) electrons. The number of carbonyl (C=O) groups is 1. The van der Waals surface area contributed by atoms with Crippen molar-refractivity contribution in [2.24, 2.45) is 0 Å². The first kappa shape index (κ1) is 22.9. The Hall–Kier alpha value is -4.30. The first-order valence-corrected chi connectivity index (χ1v) is 11.6. The van der Waals surface area contributed by atoms with Crippen molar-refractivity contribution in [2.45, 2.75) is 24.9 Å². The van der Waals surface area contributed by atoms with Crippen molar-refractivity contribution >= 4 is 32.7 Å². The van der Waals surface area contributed by atoms with Crippen LogP contribution in [-0.2, 0) is 27.9 Å². The zero-order chi connectivity index (χ0) is 24.3. The lowest BCUT2D eigenvalue weighted by atomic mass is 10.1. The minimum Gasteiger partial charge on any atom is -0.495 e. The molecule has 10 nitrogen and oxygen atoms in total. The standard InChI is InChI=1S/C23H21N5O5S/c1-4-21(29)24-11-17-12-25-28(14-17)13-16-9-15(2)22-19(10-16)33-26-23(22)27-34(30,31)20-8-6-5-7-18(20)32-3/h1,5-10,12,14H,11,13H2,2-3H3,(H,24,29)(H,26,27). The Morgan fingerprint density at radius 1 is 1.26 bits per heavy atom. The van der Waals surface area contributed by atoms with Gasteiger partial charge in [-0.05, 0) is 42.2 Å². The van der Waals surface area contributed by atoms with Crippen molar-refractivity contribution < 1.29 is 22.5 Å². The summed E-state index contributed by atoms with van der Waals surface area (Å²) in [6.07, 6.45) is 8.48. The number of benzene rings is 2. The number of anilines is 1. The summed E-state index contributed by atoms with van der Waals surface area (Å²) in [5.74, 6) is 1.82. The molecule has 2 aromatic carbocycles. The first-order chi connectivity index (χ1) is 16.3. The normalized spacial score (nSPS) is 11.2. The van der Waals surface area contributed by atoms with Gasteiger partial charge in [-0.25, -0.2) is 8.42 Å². The Kier molecular flexibility index (Phi) is 6.25. The minimum absolute atomic E-state index is 0.00385. The molecule has 2 N–H and O–H groups in total. The van der Waals surface area contributed by atoms with Gasteiger partial charge in [0.05, 0.1) is 25.2 Å². The topological polar surface area (TPSA) is 128 Å². The van der Waals surface area contributed by atoms with Crippen LogP contribution in [0.3, 0.4) is 0 Å². The summed E-state index contributed by atoms with van der Waals surface area (Å²) in [6.45, 7) is 2.55. The highest BCUT2D eigenvalue weighted by atomic mass is 32.2. The van der Waals surface area contributed by atoms with Crippen LogP contribution in [0.5, 0.6) is 5.75 Å². The molecule has 11 heteroatoms. The summed E-state index contributed by atoms with van der Waals surface area (Å²) in [5, 5.41) is 11.4. The fraction of sp³-hybridized carbons (Fsp3) is 0.174. The molecule has 0 aliphatic heterocycles. The van der Waals surface area contributed by atoms with Crippen molar-refractivity contribution in [2.75, 3.05) is 11.8 Å². The van der Waals surface area contributed by atoms with Gasteiger partial charge in [-0.3, -0.25) is 14.2 Å². The number of para-hydroxylation sites is 1. The Morgan fingerprint density at radius 3 is 2.82 bits per heavy atom. The molecule has 0 fully saturated rings. The molecule has 4 aromatic rings. The van der Waals surface area contributed by atoms with E-state index in [9.17, 15) is 13.2 Å². The van der Waals surface area contributed by atoms with Crippen LogP contribution in [0, 0.1) is 19.3 Å². The van der Waals surface area contributed by atoms with Gasteiger partial charge in [0.1, 0.15) is 10.6 Å². The molecule has 0 aliphatic rings. The lowest BCUT2D eigenvalue weighted by molar-refractivity contribution is -0.115. The predicted octanol–water partition coefficient (Wildman–Crippen LogP) is 2.44. The number of amides is 1. The summed E-state index contributed by atoms with van der Waals surface area (Å²) in [5.41, 5.74) is 2.89. The second-order valence-electron chi connectivity index (χ2n) is 7.45. The summed E-state index contributed by atoms with van der Waals surface area (Å²) in [4.78, 5) is 11.2.